The molecule has 1 atom stereocenters. The van der Waals surface area contributed by atoms with Crippen LogP contribution in [0.1, 0.15) is 29.9 Å². The Labute approximate surface area is 196 Å². The standard InChI is InChI=1S/C27H30N2O3S/c1-28-16-14-22(15-17-28)26-20-29(19-21-8-4-2-5-9-21)27-13-12-23(18-25(26)27)32-33(30,31)24-10-6-3-7-11-24/h2-13,18,22,26H,14-17,19-20H2,1H3. The SMILES string of the molecule is CN1CCC(C2CN(Cc3ccccc3)c3ccc(OS(=O)(=O)c4ccccc4)cc32)CC1. The van der Waals surface area contributed by atoms with Gasteiger partial charge in [-0.25, -0.2) is 0 Å². The average molecular weight is 463 g/mol. The van der Waals surface area contributed by atoms with Gasteiger partial charge in [0.15, 0.2) is 0 Å². The van der Waals surface area contributed by atoms with Gasteiger partial charge in [0.25, 0.3) is 0 Å². The lowest BCUT2D eigenvalue weighted by Crippen LogP contribution is -2.34. The average Bonchev–Trinajstić information content (AvgIpc) is 3.18. The van der Waals surface area contributed by atoms with Crippen LogP contribution < -0.4 is 9.08 Å². The fraction of sp³-hybridized carbons (Fsp3) is 0.333. The van der Waals surface area contributed by atoms with E-state index >= 15 is 0 Å². The first-order valence-corrected chi connectivity index (χ1v) is 13.0. The third-order valence-electron chi connectivity index (χ3n) is 6.94. The summed E-state index contributed by atoms with van der Waals surface area (Å²) in [6.07, 6.45) is 2.32. The van der Waals surface area contributed by atoms with Crippen LogP contribution in [-0.4, -0.2) is 40.0 Å². The monoisotopic (exact) mass is 462 g/mol. The zero-order valence-electron chi connectivity index (χ0n) is 18.9. The zero-order chi connectivity index (χ0) is 22.8. The number of likely N-dealkylation sites (tertiary alicyclic amines) is 1. The largest absolute Gasteiger partial charge is 0.379 e. The fourth-order valence-corrected chi connectivity index (χ4v) is 6.10. The molecular formula is C27H30N2O3S. The molecule has 1 fully saturated rings. The van der Waals surface area contributed by atoms with Crippen molar-refractivity contribution in [2.24, 2.45) is 5.92 Å². The molecule has 0 spiro atoms. The van der Waals surface area contributed by atoms with Crippen molar-refractivity contribution < 1.29 is 12.6 Å². The molecule has 33 heavy (non-hydrogen) atoms. The maximum absolute atomic E-state index is 12.8. The Kier molecular flexibility index (Phi) is 6.13. The number of fused-ring (bicyclic) bond motifs is 1. The number of hydrogen-bond acceptors (Lipinski definition) is 5. The van der Waals surface area contributed by atoms with Gasteiger partial charge in [0, 0.05) is 24.7 Å². The van der Waals surface area contributed by atoms with Gasteiger partial charge in [-0.2, -0.15) is 8.42 Å². The molecule has 2 aliphatic rings. The second-order valence-corrected chi connectivity index (χ2v) is 10.7. The summed E-state index contributed by atoms with van der Waals surface area (Å²) in [6, 6.07) is 24.6. The molecule has 0 amide bonds. The molecule has 6 heteroatoms. The van der Waals surface area contributed by atoms with Crippen LogP contribution in [0.2, 0.25) is 0 Å². The summed E-state index contributed by atoms with van der Waals surface area (Å²) in [5, 5.41) is 0. The summed E-state index contributed by atoms with van der Waals surface area (Å²) in [6.45, 7) is 4.01. The summed E-state index contributed by atoms with van der Waals surface area (Å²) in [5.74, 6) is 1.35. The quantitative estimate of drug-likeness (QED) is 0.488. The van der Waals surface area contributed by atoms with Gasteiger partial charge >= 0.3 is 10.1 Å². The number of rotatable bonds is 6. The van der Waals surface area contributed by atoms with Gasteiger partial charge in [-0.1, -0.05) is 48.5 Å². The lowest BCUT2D eigenvalue weighted by molar-refractivity contribution is 0.201. The molecule has 1 saturated heterocycles. The topological polar surface area (TPSA) is 49.9 Å². The van der Waals surface area contributed by atoms with Crippen molar-refractivity contribution in [2.75, 3.05) is 31.6 Å². The van der Waals surface area contributed by atoms with Crippen molar-refractivity contribution in [3.8, 4) is 5.75 Å². The van der Waals surface area contributed by atoms with Gasteiger partial charge in [0.05, 0.1) is 0 Å². The smallest absolute Gasteiger partial charge is 0.339 e. The molecule has 0 radical (unpaired) electrons. The molecule has 0 N–H and O–H groups in total. The lowest BCUT2D eigenvalue weighted by atomic mass is 9.81. The van der Waals surface area contributed by atoms with Crippen LogP contribution in [0.25, 0.3) is 0 Å². The Balaban J connectivity index is 1.45. The minimum Gasteiger partial charge on any atom is -0.379 e. The summed E-state index contributed by atoms with van der Waals surface area (Å²) in [5.41, 5.74) is 3.67. The van der Waals surface area contributed by atoms with E-state index in [1.54, 1.807) is 36.4 Å². The Morgan fingerprint density at radius 2 is 1.58 bits per heavy atom. The first kappa shape index (κ1) is 22.0. The van der Waals surface area contributed by atoms with E-state index in [9.17, 15) is 8.42 Å². The van der Waals surface area contributed by atoms with Crippen molar-refractivity contribution in [2.45, 2.75) is 30.2 Å². The highest BCUT2D eigenvalue weighted by Gasteiger charge is 2.36. The Bertz CT molecular complexity index is 1190. The predicted octanol–water partition coefficient (Wildman–Crippen LogP) is 4.90. The van der Waals surface area contributed by atoms with Crippen molar-refractivity contribution in [1.29, 1.82) is 0 Å². The zero-order valence-corrected chi connectivity index (χ0v) is 19.7. The van der Waals surface area contributed by atoms with E-state index in [1.807, 2.05) is 18.2 Å². The summed E-state index contributed by atoms with van der Waals surface area (Å²) in [4.78, 5) is 4.99. The van der Waals surface area contributed by atoms with E-state index < -0.39 is 10.1 Å². The number of nitrogens with zero attached hydrogens (tertiary/aromatic N) is 2. The molecular weight excluding hydrogens is 432 g/mol. The second kappa shape index (κ2) is 9.20. The molecule has 3 aromatic rings. The third-order valence-corrected chi connectivity index (χ3v) is 8.20. The van der Waals surface area contributed by atoms with Crippen molar-refractivity contribution in [3.05, 3.63) is 90.0 Å². The number of anilines is 1. The Hall–Kier alpha value is -2.83. The molecule has 3 aromatic carbocycles. The highest BCUT2D eigenvalue weighted by atomic mass is 32.2. The molecule has 0 saturated carbocycles. The third kappa shape index (κ3) is 4.77. The summed E-state index contributed by atoms with van der Waals surface area (Å²) >= 11 is 0. The molecule has 0 aliphatic carbocycles. The maximum Gasteiger partial charge on any atom is 0.339 e. The Morgan fingerprint density at radius 1 is 0.909 bits per heavy atom. The maximum atomic E-state index is 12.8. The van der Waals surface area contributed by atoms with Gasteiger partial charge in [0.1, 0.15) is 10.6 Å². The molecule has 5 rings (SSSR count). The van der Waals surface area contributed by atoms with Crippen LogP contribution in [0.4, 0.5) is 5.69 Å². The normalized spacial score (nSPS) is 19.4. The van der Waals surface area contributed by atoms with E-state index in [1.165, 1.54) is 16.8 Å². The van der Waals surface area contributed by atoms with Gasteiger partial charge in [-0.05, 0) is 80.4 Å². The van der Waals surface area contributed by atoms with Crippen LogP contribution in [0, 0.1) is 5.92 Å². The first-order chi connectivity index (χ1) is 16.0. The Morgan fingerprint density at radius 3 is 2.27 bits per heavy atom. The molecule has 0 aromatic heterocycles. The first-order valence-electron chi connectivity index (χ1n) is 11.6. The van der Waals surface area contributed by atoms with E-state index in [0.717, 1.165) is 39.0 Å². The molecule has 2 aliphatic heterocycles. The summed E-state index contributed by atoms with van der Waals surface area (Å²) in [7, 11) is -1.68. The van der Waals surface area contributed by atoms with Gasteiger partial charge in [0.2, 0.25) is 0 Å². The van der Waals surface area contributed by atoms with Crippen molar-refractivity contribution in [3.63, 3.8) is 0 Å². The fourth-order valence-electron chi connectivity index (χ4n) is 5.15. The molecule has 1 unspecified atom stereocenters. The highest BCUT2D eigenvalue weighted by molar-refractivity contribution is 7.87. The number of piperidine rings is 1. The van der Waals surface area contributed by atoms with Crippen LogP contribution in [0.5, 0.6) is 5.75 Å². The van der Waals surface area contributed by atoms with Crippen molar-refractivity contribution >= 4 is 15.8 Å². The minimum absolute atomic E-state index is 0.170. The van der Waals surface area contributed by atoms with E-state index in [2.05, 4.69) is 41.1 Å². The number of benzene rings is 3. The summed E-state index contributed by atoms with van der Waals surface area (Å²) < 4.78 is 31.1. The molecule has 172 valence electrons. The molecule has 5 nitrogen and oxygen atoms in total. The van der Waals surface area contributed by atoms with Gasteiger partial charge < -0.3 is 14.0 Å². The molecule has 0 bridgehead atoms. The van der Waals surface area contributed by atoms with Crippen LogP contribution in [0.15, 0.2) is 83.8 Å². The highest BCUT2D eigenvalue weighted by Crippen LogP contribution is 2.45. The van der Waals surface area contributed by atoms with E-state index in [-0.39, 0.29) is 4.90 Å². The van der Waals surface area contributed by atoms with E-state index in [0.29, 0.717) is 17.6 Å². The molecule has 2 heterocycles. The van der Waals surface area contributed by atoms with Gasteiger partial charge in [-0.15, -0.1) is 0 Å². The van der Waals surface area contributed by atoms with Gasteiger partial charge in [-0.3, -0.25) is 0 Å². The predicted molar refractivity (Wildman–Crippen MR) is 131 cm³/mol. The van der Waals surface area contributed by atoms with Crippen LogP contribution in [-0.2, 0) is 16.7 Å². The van der Waals surface area contributed by atoms with Crippen LogP contribution in [0.3, 0.4) is 0 Å². The minimum atomic E-state index is -3.86. The van der Waals surface area contributed by atoms with Crippen molar-refractivity contribution in [1.82, 2.24) is 4.90 Å². The van der Waals surface area contributed by atoms with E-state index in [4.69, 9.17) is 4.18 Å². The van der Waals surface area contributed by atoms with Crippen LogP contribution >= 0.6 is 0 Å². The lowest BCUT2D eigenvalue weighted by Gasteiger charge is -2.33. The number of hydrogen-bond donors (Lipinski definition) is 0. The second-order valence-electron chi connectivity index (χ2n) is 9.18.